The quantitative estimate of drug-likeness (QED) is 0.366. The summed E-state index contributed by atoms with van der Waals surface area (Å²) in [6.45, 7) is 0. The molecule has 0 aliphatic carbocycles. The third-order valence-electron chi connectivity index (χ3n) is 1.20. The van der Waals surface area contributed by atoms with Crippen molar-refractivity contribution in [2.45, 2.75) is 10.9 Å². The number of hydrogen-bond acceptors (Lipinski definition) is 5. The lowest BCUT2D eigenvalue weighted by Gasteiger charge is -2.14. The minimum absolute atomic E-state index is 0.425. The van der Waals surface area contributed by atoms with Crippen LogP contribution in [0.3, 0.4) is 0 Å². The van der Waals surface area contributed by atoms with Crippen molar-refractivity contribution >= 4 is 37.1 Å². The summed E-state index contributed by atoms with van der Waals surface area (Å²) >= 11 is 7.63. The summed E-state index contributed by atoms with van der Waals surface area (Å²) < 4.78 is 4.86. The first-order chi connectivity index (χ1) is 6.02. The van der Waals surface area contributed by atoms with Gasteiger partial charge in [0.1, 0.15) is 0 Å². The summed E-state index contributed by atoms with van der Waals surface area (Å²) in [5.74, 6) is -0.849. The molecule has 0 aromatic heterocycles. The molecule has 0 heterocycles. The Morgan fingerprint density at radius 3 is 1.62 bits per heavy atom. The van der Waals surface area contributed by atoms with E-state index in [1.165, 1.54) is 14.1 Å². The normalized spacial score (nSPS) is 14.5. The van der Waals surface area contributed by atoms with Crippen LogP contribution in [0, 0.1) is 0 Å². The van der Waals surface area contributed by atoms with Gasteiger partial charge in [0, 0.05) is 14.1 Å². The molecule has 76 valence electrons. The van der Waals surface area contributed by atoms with Crippen LogP contribution in [0.5, 0.6) is 0 Å². The van der Waals surface area contributed by atoms with Crippen LogP contribution in [0.15, 0.2) is 0 Å². The molecule has 0 saturated heterocycles. The second-order valence-corrected chi connectivity index (χ2v) is 3.01. The fourth-order valence-electron chi connectivity index (χ4n) is 0.493. The molecule has 2 N–H and O–H groups in total. The smallest absolute Gasteiger partial charge is 0.259 e. The van der Waals surface area contributed by atoms with Crippen LogP contribution in [-0.4, -0.2) is 36.8 Å². The highest BCUT2D eigenvalue weighted by Crippen LogP contribution is 2.06. The molecule has 0 saturated carbocycles. The molecular weight excluding hydrogens is 212 g/mol. The van der Waals surface area contributed by atoms with Crippen LogP contribution in [0.1, 0.15) is 0 Å². The maximum absolute atomic E-state index is 10.9. The van der Waals surface area contributed by atoms with E-state index >= 15 is 0 Å². The molecule has 0 aromatic carbocycles. The number of rotatable bonds is 4. The third kappa shape index (κ3) is 4.39. The van der Waals surface area contributed by atoms with Crippen molar-refractivity contribution in [1.29, 1.82) is 0 Å². The lowest BCUT2D eigenvalue weighted by atomic mass is 10.6. The summed E-state index contributed by atoms with van der Waals surface area (Å²) in [4.78, 5) is 21.8. The standard InChI is InChI=1S/C6H12N2O3S2/c1-7-3(9)5(12)11-6(13)4(10)8-2/h5-6,12-13H,1-2H3,(H,7,9)(H,8,10). The number of nitrogens with one attached hydrogen (secondary N) is 2. The lowest BCUT2D eigenvalue weighted by Crippen LogP contribution is -2.37. The van der Waals surface area contributed by atoms with Crippen molar-refractivity contribution in [3.05, 3.63) is 0 Å². The highest BCUT2D eigenvalue weighted by atomic mass is 32.1. The van der Waals surface area contributed by atoms with Crippen molar-refractivity contribution in [3.63, 3.8) is 0 Å². The Morgan fingerprint density at radius 2 is 1.38 bits per heavy atom. The Hall–Kier alpha value is -0.400. The first-order valence-electron chi connectivity index (χ1n) is 3.47. The second kappa shape index (κ2) is 6.11. The summed E-state index contributed by atoms with van der Waals surface area (Å²) in [7, 11) is 2.89. The zero-order valence-electron chi connectivity index (χ0n) is 7.27. The molecule has 5 nitrogen and oxygen atoms in total. The Kier molecular flexibility index (Phi) is 5.93. The predicted octanol–water partition coefficient (Wildman–Crippen LogP) is -0.993. The zero-order chi connectivity index (χ0) is 10.4. The van der Waals surface area contributed by atoms with Gasteiger partial charge in [-0.25, -0.2) is 0 Å². The summed E-state index contributed by atoms with van der Waals surface area (Å²) in [6.07, 6.45) is 0. The van der Waals surface area contributed by atoms with Crippen molar-refractivity contribution in [2.75, 3.05) is 14.1 Å². The molecule has 13 heavy (non-hydrogen) atoms. The van der Waals surface area contributed by atoms with E-state index in [9.17, 15) is 9.59 Å². The largest absolute Gasteiger partial charge is 0.356 e. The van der Waals surface area contributed by atoms with Crippen molar-refractivity contribution in [2.24, 2.45) is 0 Å². The fourth-order valence-corrected chi connectivity index (χ4v) is 1.09. The highest BCUT2D eigenvalue weighted by Gasteiger charge is 2.20. The number of hydrogen-bond donors (Lipinski definition) is 4. The van der Waals surface area contributed by atoms with Gasteiger partial charge >= 0.3 is 0 Å². The van der Waals surface area contributed by atoms with Gasteiger partial charge in [-0.05, 0) is 0 Å². The van der Waals surface area contributed by atoms with Crippen molar-refractivity contribution in [3.8, 4) is 0 Å². The maximum atomic E-state index is 10.9. The Balaban J connectivity index is 3.98. The van der Waals surface area contributed by atoms with Gasteiger partial charge < -0.3 is 15.4 Å². The van der Waals surface area contributed by atoms with Gasteiger partial charge in [-0.2, -0.15) is 0 Å². The maximum Gasteiger partial charge on any atom is 0.259 e. The van der Waals surface area contributed by atoms with E-state index in [-0.39, 0.29) is 0 Å². The Labute approximate surface area is 87.4 Å². The van der Waals surface area contributed by atoms with Crippen LogP contribution in [0.25, 0.3) is 0 Å². The average molecular weight is 224 g/mol. The van der Waals surface area contributed by atoms with E-state index in [1.807, 2.05) is 0 Å². The lowest BCUT2D eigenvalue weighted by molar-refractivity contribution is -0.134. The zero-order valence-corrected chi connectivity index (χ0v) is 9.06. The molecule has 2 amide bonds. The van der Waals surface area contributed by atoms with Gasteiger partial charge in [-0.1, -0.05) is 0 Å². The second-order valence-electron chi connectivity index (χ2n) is 2.07. The highest BCUT2D eigenvalue weighted by molar-refractivity contribution is 7.82. The summed E-state index contributed by atoms with van der Waals surface area (Å²) in [5, 5.41) is 4.64. The van der Waals surface area contributed by atoms with E-state index in [2.05, 4.69) is 35.9 Å². The molecule has 7 heteroatoms. The van der Waals surface area contributed by atoms with Gasteiger partial charge in [0.25, 0.3) is 11.8 Å². The Bertz CT molecular complexity index is 180. The number of carbonyl (C=O) groups excluding carboxylic acids is 2. The minimum Gasteiger partial charge on any atom is -0.356 e. The van der Waals surface area contributed by atoms with E-state index in [0.717, 1.165) is 0 Å². The molecular formula is C6H12N2O3S2. The van der Waals surface area contributed by atoms with E-state index in [0.29, 0.717) is 0 Å². The number of thiol groups is 2. The van der Waals surface area contributed by atoms with Crippen molar-refractivity contribution < 1.29 is 14.3 Å². The first kappa shape index (κ1) is 12.6. The number of carbonyl (C=O) groups is 2. The van der Waals surface area contributed by atoms with Crippen LogP contribution in [0.4, 0.5) is 0 Å². The number of amides is 2. The van der Waals surface area contributed by atoms with E-state index in [1.54, 1.807) is 0 Å². The molecule has 2 atom stereocenters. The van der Waals surface area contributed by atoms with Crippen LogP contribution in [-0.2, 0) is 14.3 Å². The van der Waals surface area contributed by atoms with E-state index in [4.69, 9.17) is 4.74 Å². The molecule has 0 spiro atoms. The van der Waals surface area contributed by atoms with Crippen molar-refractivity contribution in [1.82, 2.24) is 10.6 Å². The van der Waals surface area contributed by atoms with Gasteiger partial charge in [0.2, 0.25) is 0 Å². The van der Waals surface area contributed by atoms with Gasteiger partial charge in [0.05, 0.1) is 0 Å². The fraction of sp³-hybridized carbons (Fsp3) is 0.667. The summed E-state index contributed by atoms with van der Waals surface area (Å²) in [5.41, 5.74) is -1.99. The monoisotopic (exact) mass is 224 g/mol. The average Bonchev–Trinajstić information content (AvgIpc) is 2.14. The molecule has 0 rings (SSSR count). The Morgan fingerprint density at radius 1 is 1.08 bits per heavy atom. The predicted molar refractivity (Wildman–Crippen MR) is 54.8 cm³/mol. The minimum atomic E-state index is -0.996. The van der Waals surface area contributed by atoms with Crippen LogP contribution >= 0.6 is 25.3 Å². The first-order valence-corrected chi connectivity index (χ1v) is 4.51. The molecule has 0 aromatic rings. The third-order valence-corrected chi connectivity index (χ3v) is 1.91. The number of likely N-dealkylation sites (N-methyl/N-ethyl adjacent to an activating group) is 2. The molecule has 0 bridgehead atoms. The summed E-state index contributed by atoms with van der Waals surface area (Å²) in [6, 6.07) is 0. The molecule has 0 aliphatic rings. The number of ether oxygens (including phenoxy) is 1. The van der Waals surface area contributed by atoms with Crippen LogP contribution in [0.2, 0.25) is 0 Å². The van der Waals surface area contributed by atoms with Gasteiger partial charge in [-0.3, -0.25) is 9.59 Å². The molecule has 2 unspecified atom stereocenters. The van der Waals surface area contributed by atoms with E-state index < -0.39 is 22.7 Å². The SMILES string of the molecule is CNC(=O)C(S)OC(S)C(=O)NC. The van der Waals surface area contributed by atoms with Gasteiger partial charge in [-0.15, -0.1) is 25.3 Å². The topological polar surface area (TPSA) is 67.4 Å². The van der Waals surface area contributed by atoms with Gasteiger partial charge in [0.15, 0.2) is 10.9 Å². The van der Waals surface area contributed by atoms with Crippen LogP contribution < -0.4 is 10.6 Å². The molecule has 0 radical (unpaired) electrons. The molecule has 0 fully saturated rings. The molecule has 0 aliphatic heterocycles.